The molecule has 4 rings (SSSR count). The van der Waals surface area contributed by atoms with Crippen LogP contribution < -0.4 is 15.0 Å². The molecule has 31 heavy (non-hydrogen) atoms. The molecule has 1 aliphatic heterocycles. The Hall–Kier alpha value is -3.82. The van der Waals surface area contributed by atoms with E-state index in [2.05, 4.69) is 10.2 Å². The lowest BCUT2D eigenvalue weighted by atomic mass is 10.0. The number of methoxy groups -OCH3 is 1. The van der Waals surface area contributed by atoms with Crippen molar-refractivity contribution in [3.05, 3.63) is 71.8 Å². The van der Waals surface area contributed by atoms with Gasteiger partial charge in [-0.2, -0.15) is 5.26 Å². The molecule has 1 amide bonds. The summed E-state index contributed by atoms with van der Waals surface area (Å²) < 4.78 is 10.6. The van der Waals surface area contributed by atoms with Gasteiger partial charge in [0.1, 0.15) is 17.4 Å². The summed E-state index contributed by atoms with van der Waals surface area (Å²) in [5, 5.41) is 14.4. The fraction of sp³-hybridized carbons (Fsp3) is 0.200. The quantitative estimate of drug-likeness (QED) is 0.500. The number of morpholine rings is 1. The molecule has 0 atom stereocenters. The number of benzene rings is 3. The number of nitrogens with one attached hydrogen (secondary N) is 1. The number of carbonyl (C=O) groups excluding carboxylic acids is 1. The van der Waals surface area contributed by atoms with E-state index in [1.807, 2.05) is 66.7 Å². The Balaban J connectivity index is 1.48. The molecule has 0 radical (unpaired) electrons. The van der Waals surface area contributed by atoms with Crippen LogP contribution in [-0.4, -0.2) is 39.3 Å². The fourth-order valence-electron chi connectivity index (χ4n) is 3.55. The second kappa shape index (κ2) is 9.33. The van der Waals surface area contributed by atoms with Gasteiger partial charge in [-0.25, -0.2) is 0 Å². The molecule has 1 aliphatic rings. The van der Waals surface area contributed by atoms with Crippen molar-refractivity contribution < 1.29 is 14.3 Å². The van der Waals surface area contributed by atoms with Crippen LogP contribution >= 0.6 is 0 Å². The van der Waals surface area contributed by atoms with Gasteiger partial charge in [-0.15, -0.1) is 0 Å². The zero-order valence-corrected chi connectivity index (χ0v) is 17.3. The van der Waals surface area contributed by atoms with Crippen LogP contribution in [0.3, 0.4) is 0 Å². The molecule has 3 aromatic carbocycles. The Bertz CT molecular complexity index is 1160. The highest BCUT2D eigenvalue weighted by Crippen LogP contribution is 2.23. The van der Waals surface area contributed by atoms with Gasteiger partial charge >= 0.3 is 0 Å². The summed E-state index contributed by atoms with van der Waals surface area (Å²) in [4.78, 5) is 14.9. The minimum Gasteiger partial charge on any atom is -0.497 e. The third-order valence-electron chi connectivity index (χ3n) is 5.25. The summed E-state index contributed by atoms with van der Waals surface area (Å²) in [5.74, 6) is 0.351. The molecule has 156 valence electrons. The molecule has 0 unspecified atom stereocenters. The van der Waals surface area contributed by atoms with E-state index in [0.717, 1.165) is 54.1 Å². The van der Waals surface area contributed by atoms with E-state index >= 15 is 0 Å². The van der Waals surface area contributed by atoms with Gasteiger partial charge in [-0.1, -0.05) is 18.2 Å². The number of nitriles is 1. The number of ether oxygens (including phenoxy) is 2. The van der Waals surface area contributed by atoms with Crippen molar-refractivity contribution in [3.8, 4) is 11.8 Å². The van der Waals surface area contributed by atoms with Crippen molar-refractivity contribution in [3.63, 3.8) is 0 Å². The monoisotopic (exact) mass is 413 g/mol. The molecule has 0 aliphatic carbocycles. The summed E-state index contributed by atoms with van der Waals surface area (Å²) in [6.45, 7) is 3.14. The third-order valence-corrected chi connectivity index (χ3v) is 5.25. The number of fused-ring (bicyclic) bond motifs is 1. The zero-order valence-electron chi connectivity index (χ0n) is 17.3. The van der Waals surface area contributed by atoms with Crippen molar-refractivity contribution in [2.75, 3.05) is 43.6 Å². The highest BCUT2D eigenvalue weighted by Gasteiger charge is 2.13. The van der Waals surface area contributed by atoms with E-state index in [0.29, 0.717) is 5.69 Å². The van der Waals surface area contributed by atoms with Crippen LogP contribution in [0.2, 0.25) is 0 Å². The van der Waals surface area contributed by atoms with Gasteiger partial charge in [-0.3, -0.25) is 4.79 Å². The highest BCUT2D eigenvalue weighted by atomic mass is 16.5. The highest BCUT2D eigenvalue weighted by molar-refractivity contribution is 6.10. The van der Waals surface area contributed by atoms with E-state index in [9.17, 15) is 10.1 Å². The smallest absolute Gasteiger partial charge is 0.266 e. The van der Waals surface area contributed by atoms with Crippen LogP contribution in [0.1, 0.15) is 5.56 Å². The van der Waals surface area contributed by atoms with Crippen molar-refractivity contribution >= 4 is 34.1 Å². The molecule has 0 aromatic heterocycles. The van der Waals surface area contributed by atoms with E-state index in [4.69, 9.17) is 9.47 Å². The molecule has 6 heteroatoms. The first-order valence-corrected chi connectivity index (χ1v) is 10.1. The number of nitrogens with zero attached hydrogens (tertiary/aromatic N) is 2. The molecule has 6 nitrogen and oxygen atoms in total. The summed E-state index contributed by atoms with van der Waals surface area (Å²) >= 11 is 0. The Morgan fingerprint density at radius 2 is 1.77 bits per heavy atom. The van der Waals surface area contributed by atoms with Crippen molar-refractivity contribution in [2.45, 2.75) is 0 Å². The van der Waals surface area contributed by atoms with E-state index in [-0.39, 0.29) is 5.57 Å². The van der Waals surface area contributed by atoms with Crippen LogP contribution in [-0.2, 0) is 9.53 Å². The molecule has 1 heterocycles. The van der Waals surface area contributed by atoms with Crippen LogP contribution in [0.15, 0.2) is 66.2 Å². The van der Waals surface area contributed by atoms with Crippen molar-refractivity contribution in [1.29, 1.82) is 5.26 Å². The summed E-state index contributed by atoms with van der Waals surface area (Å²) in [7, 11) is 1.63. The number of hydrogen-bond acceptors (Lipinski definition) is 5. The third kappa shape index (κ3) is 4.85. The Kier molecular flexibility index (Phi) is 6.16. The lowest BCUT2D eigenvalue weighted by molar-refractivity contribution is -0.112. The topological polar surface area (TPSA) is 74.6 Å². The number of amides is 1. The first-order chi connectivity index (χ1) is 15.2. The molecule has 0 saturated carbocycles. The van der Waals surface area contributed by atoms with Crippen LogP contribution in [0.5, 0.6) is 5.75 Å². The second-order valence-corrected chi connectivity index (χ2v) is 7.24. The van der Waals surface area contributed by atoms with Crippen LogP contribution in [0.25, 0.3) is 16.8 Å². The van der Waals surface area contributed by atoms with Gasteiger partial charge in [0, 0.05) is 24.5 Å². The van der Waals surface area contributed by atoms with E-state index in [1.165, 1.54) is 0 Å². The zero-order chi connectivity index (χ0) is 21.6. The minimum atomic E-state index is -0.434. The predicted molar refractivity (Wildman–Crippen MR) is 122 cm³/mol. The van der Waals surface area contributed by atoms with Gasteiger partial charge in [0.05, 0.1) is 20.3 Å². The lowest BCUT2D eigenvalue weighted by Gasteiger charge is -2.28. The van der Waals surface area contributed by atoms with Gasteiger partial charge in [0.25, 0.3) is 5.91 Å². The minimum absolute atomic E-state index is 0.0464. The first-order valence-electron chi connectivity index (χ1n) is 10.1. The Labute approximate surface area is 181 Å². The van der Waals surface area contributed by atoms with Crippen LogP contribution in [0.4, 0.5) is 11.4 Å². The summed E-state index contributed by atoms with van der Waals surface area (Å²) in [5.41, 5.74) is 2.57. The maximum Gasteiger partial charge on any atom is 0.266 e. The molecule has 1 saturated heterocycles. The SMILES string of the molecule is COc1ccc2cc(/C=C(\C#N)C(=O)Nc3ccc(N4CCOCC4)cc3)ccc2c1. The maximum absolute atomic E-state index is 12.6. The van der Waals surface area contributed by atoms with Crippen LogP contribution in [0, 0.1) is 11.3 Å². The van der Waals surface area contributed by atoms with Gasteiger partial charge in [0.2, 0.25) is 0 Å². The number of rotatable bonds is 5. The molecular formula is C25H23N3O3. The van der Waals surface area contributed by atoms with E-state index in [1.54, 1.807) is 13.2 Å². The molecule has 0 spiro atoms. The molecular weight excluding hydrogens is 390 g/mol. The summed E-state index contributed by atoms with van der Waals surface area (Å²) in [6, 6.07) is 21.2. The average Bonchev–Trinajstić information content (AvgIpc) is 2.83. The van der Waals surface area contributed by atoms with E-state index < -0.39 is 5.91 Å². The van der Waals surface area contributed by atoms with Gasteiger partial charge in [0.15, 0.2) is 0 Å². The molecule has 3 aromatic rings. The Morgan fingerprint density at radius 1 is 1.06 bits per heavy atom. The molecule has 1 N–H and O–H groups in total. The Morgan fingerprint density at radius 3 is 2.48 bits per heavy atom. The molecule has 1 fully saturated rings. The largest absolute Gasteiger partial charge is 0.497 e. The number of hydrogen-bond donors (Lipinski definition) is 1. The lowest BCUT2D eigenvalue weighted by Crippen LogP contribution is -2.36. The number of carbonyl (C=O) groups is 1. The average molecular weight is 413 g/mol. The predicted octanol–water partition coefficient (Wildman–Crippen LogP) is 4.23. The standard InChI is InChI=1S/C25H23N3O3/c1-30-24-9-4-19-14-18(2-3-20(19)16-24)15-21(17-26)25(29)27-22-5-7-23(8-6-22)28-10-12-31-13-11-28/h2-9,14-16H,10-13H2,1H3,(H,27,29)/b21-15+. The van der Waals surface area contributed by atoms with Crippen molar-refractivity contribution in [2.24, 2.45) is 0 Å². The number of anilines is 2. The van der Waals surface area contributed by atoms with Gasteiger partial charge < -0.3 is 19.7 Å². The fourth-order valence-corrected chi connectivity index (χ4v) is 3.55. The van der Waals surface area contributed by atoms with Crippen molar-refractivity contribution in [1.82, 2.24) is 0 Å². The normalized spacial score (nSPS) is 14.2. The maximum atomic E-state index is 12.6. The summed E-state index contributed by atoms with van der Waals surface area (Å²) in [6.07, 6.45) is 1.60. The first kappa shape index (κ1) is 20.5. The second-order valence-electron chi connectivity index (χ2n) is 7.24. The molecule has 0 bridgehead atoms. The van der Waals surface area contributed by atoms with Gasteiger partial charge in [-0.05, 0) is 64.9 Å².